The molecule has 3 N–H and O–H groups in total. The maximum Gasteiger partial charge on any atom is 0.434 e. The van der Waals surface area contributed by atoms with Crippen molar-refractivity contribution in [2.75, 3.05) is 13.7 Å². The number of nitrogens with one attached hydrogen (secondary N) is 2. The van der Waals surface area contributed by atoms with Crippen LogP contribution in [-0.2, 0) is 14.3 Å². The maximum absolute atomic E-state index is 13.5. The average Bonchev–Trinajstić information content (AvgIpc) is 3.65. The fraction of sp³-hybridized carbons (Fsp3) is 0.643. The summed E-state index contributed by atoms with van der Waals surface area (Å²) in [5.41, 5.74) is -0.0119. The molecule has 4 rings (SSSR count). The van der Waals surface area contributed by atoms with Gasteiger partial charge < -0.3 is 25.2 Å². The van der Waals surface area contributed by atoms with Gasteiger partial charge in [0.25, 0.3) is 0 Å². The van der Waals surface area contributed by atoms with E-state index in [0.717, 1.165) is 11.3 Å². The monoisotopic (exact) mass is 528 g/mol. The molecule has 1 aliphatic carbocycles. The Hall–Kier alpha value is -3.14. The van der Waals surface area contributed by atoms with E-state index >= 15 is 0 Å². The van der Waals surface area contributed by atoms with Gasteiger partial charge in [-0.05, 0) is 51.5 Å². The molecule has 2 fully saturated rings. The highest BCUT2D eigenvalue weighted by Gasteiger charge is 2.53. The minimum absolute atomic E-state index is 0.0460. The molecule has 10 nitrogen and oxygen atoms in total. The quantitative estimate of drug-likeness (QED) is 0.444. The first-order valence-corrected chi connectivity index (χ1v) is 13.5. The number of hydrogen-bond donors (Lipinski definition) is 3. The van der Waals surface area contributed by atoms with Crippen molar-refractivity contribution in [2.45, 2.75) is 89.4 Å². The number of para-hydroxylation sites is 1. The molecule has 3 amide bonds. The van der Waals surface area contributed by atoms with Gasteiger partial charge >= 0.3 is 6.09 Å². The topological polar surface area (TPSA) is 130 Å². The second-order valence-electron chi connectivity index (χ2n) is 11.3. The molecule has 2 heterocycles. The first-order valence-electron chi connectivity index (χ1n) is 13.5. The summed E-state index contributed by atoms with van der Waals surface area (Å²) in [6.07, 6.45) is 1.88. The highest BCUT2D eigenvalue weighted by atomic mass is 16.5. The van der Waals surface area contributed by atoms with Crippen molar-refractivity contribution in [1.29, 1.82) is 0 Å². The zero-order chi connectivity index (χ0) is 27.7. The standard InChI is InChI=1S/C28H40N4O6/c1-6-28(7-2)16-23(33)32(25(31-28)30-26(35)36)21(12-13-37-5)18-14-19(18)24(34)29-20-15-27(3,4)38-22-11-9-8-10-17(20)22/h8-11,18-21H,6-7,12-16H2,1-5H3,(H,29,34)(H,30,31)(H,35,36)/t18-,19-,20-,21?/m0/s1. The minimum atomic E-state index is -1.37. The van der Waals surface area contributed by atoms with E-state index in [4.69, 9.17) is 9.47 Å². The van der Waals surface area contributed by atoms with E-state index in [0.29, 0.717) is 38.7 Å². The summed E-state index contributed by atoms with van der Waals surface area (Å²) in [5, 5.41) is 16.0. The van der Waals surface area contributed by atoms with E-state index in [9.17, 15) is 19.5 Å². The van der Waals surface area contributed by atoms with Crippen molar-refractivity contribution >= 4 is 23.9 Å². The van der Waals surface area contributed by atoms with Gasteiger partial charge in [-0.3, -0.25) is 14.5 Å². The number of fused-ring (bicyclic) bond motifs is 1. The van der Waals surface area contributed by atoms with Gasteiger partial charge in [-0.1, -0.05) is 32.0 Å². The van der Waals surface area contributed by atoms with Gasteiger partial charge in [-0.15, -0.1) is 4.99 Å². The van der Waals surface area contributed by atoms with Gasteiger partial charge in [-0.2, -0.15) is 0 Å². The lowest BCUT2D eigenvalue weighted by Gasteiger charge is -2.45. The van der Waals surface area contributed by atoms with Crippen LogP contribution in [0.3, 0.4) is 0 Å². The van der Waals surface area contributed by atoms with Gasteiger partial charge in [0, 0.05) is 43.2 Å². The largest absolute Gasteiger partial charge is 0.487 e. The molecule has 38 heavy (non-hydrogen) atoms. The van der Waals surface area contributed by atoms with Crippen molar-refractivity contribution in [3.63, 3.8) is 0 Å². The number of guanidine groups is 1. The first-order chi connectivity index (χ1) is 18.0. The Morgan fingerprint density at radius 3 is 2.66 bits per heavy atom. The molecule has 0 aromatic heterocycles. The number of aliphatic imine (C=N–C) groups is 1. The molecule has 0 radical (unpaired) electrons. The van der Waals surface area contributed by atoms with Crippen LogP contribution in [0.5, 0.6) is 5.75 Å². The number of benzene rings is 1. The number of carboxylic acid groups (broad SMARTS) is 1. The van der Waals surface area contributed by atoms with Crippen LogP contribution in [0.15, 0.2) is 29.3 Å². The van der Waals surface area contributed by atoms with E-state index in [1.807, 2.05) is 52.0 Å². The SMILES string of the molecule is CCC1(CC)CC(=O)N(C(CCOC)[C@H]2C[C@@H]2C(=O)N[C@H]2CC(C)(C)Oc3ccccc32)C(=NC(=O)O)N1. The van der Waals surface area contributed by atoms with Crippen molar-refractivity contribution in [1.82, 2.24) is 15.5 Å². The molecule has 3 aliphatic rings. The number of methoxy groups -OCH3 is 1. The second-order valence-corrected chi connectivity index (χ2v) is 11.3. The normalized spacial score (nSPS) is 27.1. The fourth-order valence-corrected chi connectivity index (χ4v) is 5.95. The zero-order valence-electron chi connectivity index (χ0n) is 23.0. The van der Waals surface area contributed by atoms with Crippen LogP contribution >= 0.6 is 0 Å². The molecular weight excluding hydrogens is 488 g/mol. The van der Waals surface area contributed by atoms with Gasteiger partial charge in [0.05, 0.1) is 12.5 Å². The molecule has 1 unspecified atom stereocenters. The van der Waals surface area contributed by atoms with Gasteiger partial charge in [0.1, 0.15) is 11.4 Å². The van der Waals surface area contributed by atoms with Crippen LogP contribution < -0.4 is 15.4 Å². The maximum atomic E-state index is 13.5. The zero-order valence-corrected chi connectivity index (χ0v) is 23.0. The lowest BCUT2D eigenvalue weighted by atomic mass is 9.86. The molecule has 208 valence electrons. The van der Waals surface area contributed by atoms with Crippen molar-refractivity contribution in [3.05, 3.63) is 29.8 Å². The van der Waals surface area contributed by atoms with Gasteiger partial charge in [0.15, 0.2) is 0 Å². The van der Waals surface area contributed by atoms with Crippen molar-refractivity contribution < 1.29 is 29.0 Å². The molecule has 0 bridgehead atoms. The van der Waals surface area contributed by atoms with E-state index < -0.39 is 23.3 Å². The number of ether oxygens (including phenoxy) is 2. The van der Waals surface area contributed by atoms with Crippen LogP contribution in [0, 0.1) is 11.8 Å². The van der Waals surface area contributed by atoms with Crippen molar-refractivity contribution in [2.24, 2.45) is 16.8 Å². The summed E-state index contributed by atoms with van der Waals surface area (Å²) in [5.74, 6) is 0.144. The smallest absolute Gasteiger partial charge is 0.434 e. The van der Waals surface area contributed by atoms with Crippen molar-refractivity contribution in [3.8, 4) is 5.75 Å². The molecule has 1 saturated carbocycles. The third-order valence-electron chi connectivity index (χ3n) is 8.23. The molecule has 1 aromatic rings. The third kappa shape index (κ3) is 5.80. The average molecular weight is 529 g/mol. The molecule has 10 heteroatoms. The number of carbonyl (C=O) groups excluding carboxylic acids is 2. The molecule has 0 spiro atoms. The molecule has 1 aromatic carbocycles. The molecular formula is C28H40N4O6. The predicted molar refractivity (Wildman–Crippen MR) is 142 cm³/mol. The Kier molecular flexibility index (Phi) is 8.01. The number of hydrogen-bond acceptors (Lipinski definition) is 5. The highest BCUT2D eigenvalue weighted by Crippen LogP contribution is 2.47. The summed E-state index contributed by atoms with van der Waals surface area (Å²) in [6, 6.07) is 7.16. The fourth-order valence-electron chi connectivity index (χ4n) is 5.95. The molecule has 1 saturated heterocycles. The predicted octanol–water partition coefficient (Wildman–Crippen LogP) is 3.86. The highest BCUT2D eigenvalue weighted by molar-refractivity contribution is 6.04. The van der Waals surface area contributed by atoms with E-state index in [1.165, 1.54) is 4.90 Å². The van der Waals surface area contributed by atoms with E-state index in [1.54, 1.807) is 7.11 Å². The summed E-state index contributed by atoms with van der Waals surface area (Å²) in [6.45, 7) is 8.32. The van der Waals surface area contributed by atoms with Crippen LogP contribution in [0.4, 0.5) is 4.79 Å². The number of amides is 3. The summed E-state index contributed by atoms with van der Waals surface area (Å²) >= 11 is 0. The number of rotatable bonds is 9. The van der Waals surface area contributed by atoms with Gasteiger partial charge in [-0.25, -0.2) is 4.79 Å². The molecule has 4 atom stereocenters. The van der Waals surface area contributed by atoms with Crippen LogP contribution in [-0.4, -0.2) is 64.8 Å². The number of nitrogens with zero attached hydrogens (tertiary/aromatic N) is 2. The third-order valence-corrected chi connectivity index (χ3v) is 8.23. The Morgan fingerprint density at radius 1 is 1.29 bits per heavy atom. The Labute approximate surface area is 224 Å². The lowest BCUT2D eigenvalue weighted by molar-refractivity contribution is -0.134. The van der Waals surface area contributed by atoms with Crippen LogP contribution in [0.2, 0.25) is 0 Å². The van der Waals surface area contributed by atoms with E-state index in [-0.39, 0.29) is 42.1 Å². The Bertz CT molecular complexity index is 1100. The second kappa shape index (κ2) is 10.9. The molecule has 2 aliphatic heterocycles. The minimum Gasteiger partial charge on any atom is -0.487 e. The Morgan fingerprint density at radius 2 is 2.00 bits per heavy atom. The Balaban J connectivity index is 1.55. The van der Waals surface area contributed by atoms with Crippen LogP contribution in [0.25, 0.3) is 0 Å². The first kappa shape index (κ1) is 27.9. The summed E-state index contributed by atoms with van der Waals surface area (Å²) in [7, 11) is 1.58. The lowest BCUT2D eigenvalue weighted by Crippen LogP contribution is -2.65. The summed E-state index contributed by atoms with van der Waals surface area (Å²) in [4.78, 5) is 43.9. The summed E-state index contributed by atoms with van der Waals surface area (Å²) < 4.78 is 11.4. The van der Waals surface area contributed by atoms with Gasteiger partial charge in [0.2, 0.25) is 17.8 Å². The van der Waals surface area contributed by atoms with E-state index in [2.05, 4.69) is 15.6 Å². The number of carbonyl (C=O) groups is 3. The van der Waals surface area contributed by atoms with Crippen LogP contribution in [0.1, 0.15) is 77.8 Å².